The fraction of sp³-hybridized carbons (Fsp3) is 0.636. The summed E-state index contributed by atoms with van der Waals surface area (Å²) in [7, 11) is 0. The summed E-state index contributed by atoms with van der Waals surface area (Å²) in [4.78, 5) is 3.90. The molecular formula is C11H17BrN2S. The fourth-order valence-electron chi connectivity index (χ4n) is 2.27. The number of likely N-dealkylation sites (tertiary alicyclic amines) is 1. The Kier molecular flexibility index (Phi) is 3.83. The van der Waals surface area contributed by atoms with E-state index in [4.69, 9.17) is 5.73 Å². The highest BCUT2D eigenvalue weighted by molar-refractivity contribution is 9.10. The van der Waals surface area contributed by atoms with Gasteiger partial charge in [-0.2, -0.15) is 0 Å². The molecule has 0 aliphatic carbocycles. The normalized spacial score (nSPS) is 21.8. The molecule has 0 radical (unpaired) electrons. The SMILES string of the molecule is CC(N)C(c1cc(Br)cs1)N1CCCC1. The molecule has 84 valence electrons. The number of hydrogen-bond acceptors (Lipinski definition) is 3. The van der Waals surface area contributed by atoms with E-state index < -0.39 is 0 Å². The molecule has 0 aromatic carbocycles. The van der Waals surface area contributed by atoms with Crippen LogP contribution in [0, 0.1) is 0 Å². The number of nitrogens with two attached hydrogens (primary N) is 1. The molecule has 1 fully saturated rings. The van der Waals surface area contributed by atoms with E-state index >= 15 is 0 Å². The Hall–Kier alpha value is 0.1000. The van der Waals surface area contributed by atoms with Crippen LogP contribution in [0.4, 0.5) is 0 Å². The van der Waals surface area contributed by atoms with E-state index in [0.717, 1.165) is 0 Å². The summed E-state index contributed by atoms with van der Waals surface area (Å²) in [5.41, 5.74) is 6.11. The van der Waals surface area contributed by atoms with E-state index in [1.165, 1.54) is 35.3 Å². The van der Waals surface area contributed by atoms with Crippen LogP contribution in [0.1, 0.15) is 30.7 Å². The summed E-state index contributed by atoms with van der Waals surface area (Å²) in [6, 6.07) is 2.81. The largest absolute Gasteiger partial charge is 0.326 e. The minimum atomic E-state index is 0.202. The van der Waals surface area contributed by atoms with Crippen molar-refractivity contribution in [2.24, 2.45) is 5.73 Å². The number of thiophene rings is 1. The summed E-state index contributed by atoms with van der Waals surface area (Å²) < 4.78 is 1.17. The molecule has 2 atom stereocenters. The lowest BCUT2D eigenvalue weighted by Crippen LogP contribution is -2.37. The van der Waals surface area contributed by atoms with Gasteiger partial charge in [-0.3, -0.25) is 4.90 Å². The first-order valence-corrected chi connectivity index (χ1v) is 7.09. The van der Waals surface area contributed by atoms with Gasteiger partial charge in [0.2, 0.25) is 0 Å². The van der Waals surface area contributed by atoms with Gasteiger partial charge in [0.1, 0.15) is 0 Å². The third-order valence-corrected chi connectivity index (χ3v) is 4.68. The van der Waals surface area contributed by atoms with E-state index in [1.807, 2.05) is 0 Å². The number of rotatable bonds is 3. The summed E-state index contributed by atoms with van der Waals surface area (Å²) in [5.74, 6) is 0. The molecule has 0 amide bonds. The second-order valence-corrected chi connectivity index (χ2v) is 6.07. The molecule has 4 heteroatoms. The molecular weight excluding hydrogens is 272 g/mol. The van der Waals surface area contributed by atoms with Crippen LogP contribution in [0.25, 0.3) is 0 Å². The van der Waals surface area contributed by atoms with Gasteiger partial charge in [-0.25, -0.2) is 0 Å². The lowest BCUT2D eigenvalue weighted by Gasteiger charge is -2.29. The van der Waals surface area contributed by atoms with Gasteiger partial charge in [-0.15, -0.1) is 11.3 Å². The molecule has 2 heterocycles. The first-order chi connectivity index (χ1) is 7.18. The summed E-state index contributed by atoms with van der Waals surface area (Å²) in [5, 5.41) is 2.14. The minimum Gasteiger partial charge on any atom is -0.326 e. The zero-order valence-corrected chi connectivity index (χ0v) is 11.4. The highest BCUT2D eigenvalue weighted by Crippen LogP contribution is 2.33. The Labute approximate surface area is 104 Å². The predicted molar refractivity (Wildman–Crippen MR) is 69.2 cm³/mol. The number of halogens is 1. The topological polar surface area (TPSA) is 29.3 Å². The number of hydrogen-bond donors (Lipinski definition) is 1. The maximum Gasteiger partial charge on any atom is 0.0591 e. The van der Waals surface area contributed by atoms with Gasteiger partial charge in [0, 0.05) is 20.8 Å². The van der Waals surface area contributed by atoms with Crippen molar-refractivity contribution in [1.29, 1.82) is 0 Å². The first kappa shape index (κ1) is 11.6. The van der Waals surface area contributed by atoms with Crippen LogP contribution in [0.15, 0.2) is 15.9 Å². The molecule has 0 saturated carbocycles. The van der Waals surface area contributed by atoms with E-state index in [2.05, 4.69) is 39.2 Å². The van der Waals surface area contributed by atoms with Gasteiger partial charge in [-0.05, 0) is 54.9 Å². The third-order valence-electron chi connectivity index (χ3n) is 2.91. The van der Waals surface area contributed by atoms with Crippen LogP contribution in [0.3, 0.4) is 0 Å². The Morgan fingerprint density at radius 1 is 1.47 bits per heavy atom. The van der Waals surface area contributed by atoms with Crippen LogP contribution >= 0.6 is 27.3 Å². The van der Waals surface area contributed by atoms with Crippen LogP contribution in [-0.2, 0) is 0 Å². The summed E-state index contributed by atoms with van der Waals surface area (Å²) in [6.07, 6.45) is 2.63. The van der Waals surface area contributed by atoms with Crippen molar-refractivity contribution >= 4 is 27.3 Å². The molecule has 2 N–H and O–H groups in total. The zero-order valence-electron chi connectivity index (χ0n) is 8.95. The Balaban J connectivity index is 2.18. The van der Waals surface area contributed by atoms with Gasteiger partial charge in [0.15, 0.2) is 0 Å². The van der Waals surface area contributed by atoms with Crippen LogP contribution in [0.5, 0.6) is 0 Å². The quantitative estimate of drug-likeness (QED) is 0.927. The number of nitrogens with zero attached hydrogens (tertiary/aromatic N) is 1. The van der Waals surface area contributed by atoms with Crippen molar-refractivity contribution in [3.05, 3.63) is 20.8 Å². The van der Waals surface area contributed by atoms with Gasteiger partial charge < -0.3 is 5.73 Å². The molecule has 1 aliphatic heterocycles. The van der Waals surface area contributed by atoms with Crippen molar-refractivity contribution in [2.45, 2.75) is 31.8 Å². The highest BCUT2D eigenvalue weighted by Gasteiger charge is 2.27. The second kappa shape index (κ2) is 4.95. The molecule has 0 spiro atoms. The van der Waals surface area contributed by atoms with Crippen LogP contribution < -0.4 is 5.73 Å². The zero-order chi connectivity index (χ0) is 10.8. The van der Waals surface area contributed by atoms with Gasteiger partial charge >= 0.3 is 0 Å². The molecule has 1 aromatic heterocycles. The van der Waals surface area contributed by atoms with E-state index in [9.17, 15) is 0 Å². The molecule has 15 heavy (non-hydrogen) atoms. The maximum absolute atomic E-state index is 6.11. The molecule has 1 saturated heterocycles. The van der Waals surface area contributed by atoms with Crippen molar-refractivity contribution < 1.29 is 0 Å². The smallest absolute Gasteiger partial charge is 0.0591 e. The Morgan fingerprint density at radius 3 is 2.60 bits per heavy atom. The fourth-order valence-corrected chi connectivity index (χ4v) is 3.97. The van der Waals surface area contributed by atoms with E-state index in [1.54, 1.807) is 11.3 Å². The Morgan fingerprint density at radius 2 is 2.13 bits per heavy atom. The molecule has 2 unspecified atom stereocenters. The van der Waals surface area contributed by atoms with Crippen molar-refractivity contribution in [3.63, 3.8) is 0 Å². The second-order valence-electron chi connectivity index (χ2n) is 4.21. The van der Waals surface area contributed by atoms with Gasteiger partial charge in [0.25, 0.3) is 0 Å². The molecule has 0 bridgehead atoms. The lowest BCUT2D eigenvalue weighted by molar-refractivity contribution is 0.222. The summed E-state index contributed by atoms with van der Waals surface area (Å²) >= 11 is 5.31. The van der Waals surface area contributed by atoms with Crippen LogP contribution in [-0.4, -0.2) is 24.0 Å². The Bertz CT molecular complexity index is 318. The van der Waals surface area contributed by atoms with Crippen molar-refractivity contribution in [3.8, 4) is 0 Å². The molecule has 1 aromatic rings. The molecule has 2 nitrogen and oxygen atoms in total. The third kappa shape index (κ3) is 2.61. The first-order valence-electron chi connectivity index (χ1n) is 5.42. The molecule has 1 aliphatic rings. The van der Waals surface area contributed by atoms with Crippen molar-refractivity contribution in [2.75, 3.05) is 13.1 Å². The lowest BCUT2D eigenvalue weighted by atomic mass is 10.1. The van der Waals surface area contributed by atoms with Gasteiger partial charge in [-0.1, -0.05) is 0 Å². The van der Waals surface area contributed by atoms with Gasteiger partial charge in [0.05, 0.1) is 6.04 Å². The highest BCUT2D eigenvalue weighted by atomic mass is 79.9. The van der Waals surface area contributed by atoms with E-state index in [-0.39, 0.29) is 6.04 Å². The van der Waals surface area contributed by atoms with E-state index in [0.29, 0.717) is 6.04 Å². The average Bonchev–Trinajstić information content (AvgIpc) is 2.77. The monoisotopic (exact) mass is 288 g/mol. The van der Waals surface area contributed by atoms with Crippen molar-refractivity contribution in [1.82, 2.24) is 4.90 Å². The standard InChI is InChI=1S/C11H17BrN2S/c1-8(13)11(14-4-2-3-5-14)10-6-9(12)7-15-10/h6-8,11H,2-5,13H2,1H3. The minimum absolute atomic E-state index is 0.202. The maximum atomic E-state index is 6.11. The predicted octanol–water partition coefficient (Wildman–Crippen LogP) is 2.99. The van der Waals surface area contributed by atoms with Crippen LogP contribution in [0.2, 0.25) is 0 Å². The average molecular weight is 289 g/mol. The summed E-state index contributed by atoms with van der Waals surface area (Å²) in [6.45, 7) is 4.50. The molecule has 2 rings (SSSR count).